The van der Waals surface area contributed by atoms with Crippen molar-refractivity contribution in [3.8, 4) is 16.9 Å². The summed E-state index contributed by atoms with van der Waals surface area (Å²) >= 11 is 0. The maximum absolute atomic E-state index is 12.5. The first-order chi connectivity index (χ1) is 17.0. The van der Waals surface area contributed by atoms with Gasteiger partial charge in [0.05, 0.1) is 22.6 Å². The maximum Gasteiger partial charge on any atom is 0.336 e. The molecule has 1 aromatic heterocycles. The van der Waals surface area contributed by atoms with Crippen LogP contribution in [0, 0.1) is 10.1 Å². The number of carboxylic acids is 1. The number of non-ortho nitro benzene ring substituents is 1. The molecule has 7 heteroatoms. The number of benzene rings is 4. The number of carbonyl (C=O) groups is 1. The molecular formula is C28H22N2O5. The van der Waals surface area contributed by atoms with Gasteiger partial charge in [-0.15, -0.1) is 0 Å². The molecule has 1 heterocycles. The molecule has 0 atom stereocenters. The van der Waals surface area contributed by atoms with Gasteiger partial charge >= 0.3 is 5.97 Å². The quantitative estimate of drug-likeness (QED) is 0.218. The Morgan fingerprint density at radius 2 is 1.69 bits per heavy atom. The fourth-order valence-electron chi connectivity index (χ4n) is 4.59. The van der Waals surface area contributed by atoms with Crippen molar-refractivity contribution in [2.75, 3.05) is 6.61 Å². The van der Waals surface area contributed by atoms with Crippen molar-refractivity contribution in [2.45, 2.75) is 13.5 Å². The Kier molecular flexibility index (Phi) is 5.66. The zero-order valence-electron chi connectivity index (χ0n) is 19.0. The zero-order valence-corrected chi connectivity index (χ0v) is 19.0. The van der Waals surface area contributed by atoms with Crippen molar-refractivity contribution in [2.24, 2.45) is 0 Å². The van der Waals surface area contributed by atoms with E-state index in [1.54, 1.807) is 18.2 Å². The third-order valence-corrected chi connectivity index (χ3v) is 6.08. The summed E-state index contributed by atoms with van der Waals surface area (Å²) in [6.45, 7) is 2.77. The van der Waals surface area contributed by atoms with E-state index in [0.29, 0.717) is 40.9 Å². The summed E-state index contributed by atoms with van der Waals surface area (Å²) in [5.41, 5.74) is 3.98. The number of aromatic nitrogens is 1. The number of hydrogen-bond donors (Lipinski definition) is 1. The van der Waals surface area contributed by atoms with E-state index in [4.69, 9.17) is 4.74 Å². The Hall–Kier alpha value is -4.65. The molecule has 0 aliphatic heterocycles. The highest BCUT2D eigenvalue weighted by atomic mass is 16.6. The van der Waals surface area contributed by atoms with Crippen LogP contribution in [0.15, 0.2) is 84.9 Å². The smallest absolute Gasteiger partial charge is 0.336 e. The first-order valence-electron chi connectivity index (χ1n) is 11.2. The second kappa shape index (κ2) is 8.95. The Labute approximate surface area is 201 Å². The highest BCUT2D eigenvalue weighted by Crippen LogP contribution is 2.44. The van der Waals surface area contributed by atoms with Gasteiger partial charge in [-0.05, 0) is 42.3 Å². The minimum atomic E-state index is -1.05. The summed E-state index contributed by atoms with van der Waals surface area (Å²) in [7, 11) is 0. The van der Waals surface area contributed by atoms with E-state index < -0.39 is 10.9 Å². The van der Waals surface area contributed by atoms with Gasteiger partial charge in [0.25, 0.3) is 5.69 Å². The van der Waals surface area contributed by atoms with Crippen LogP contribution in [0.1, 0.15) is 22.8 Å². The molecule has 0 bridgehead atoms. The number of para-hydroxylation sites is 1. The highest BCUT2D eigenvalue weighted by Gasteiger charge is 2.25. The summed E-state index contributed by atoms with van der Waals surface area (Å²) < 4.78 is 8.27. The molecule has 0 unspecified atom stereocenters. The molecule has 5 rings (SSSR count). The molecule has 7 nitrogen and oxygen atoms in total. The van der Waals surface area contributed by atoms with Crippen LogP contribution < -0.4 is 4.74 Å². The molecule has 0 amide bonds. The largest absolute Gasteiger partial charge is 0.491 e. The van der Waals surface area contributed by atoms with Gasteiger partial charge in [0, 0.05) is 40.5 Å². The topological polar surface area (TPSA) is 94.6 Å². The molecule has 5 aromatic rings. The molecule has 0 saturated carbocycles. The number of carboxylic acid groups (broad SMARTS) is 1. The summed E-state index contributed by atoms with van der Waals surface area (Å²) in [5, 5.41) is 22.8. The monoisotopic (exact) mass is 466 g/mol. The van der Waals surface area contributed by atoms with E-state index in [2.05, 4.69) is 4.57 Å². The van der Waals surface area contributed by atoms with Crippen LogP contribution in [0.2, 0.25) is 0 Å². The Morgan fingerprint density at radius 3 is 2.34 bits per heavy atom. The normalized spacial score (nSPS) is 11.1. The molecule has 1 N–H and O–H groups in total. The van der Waals surface area contributed by atoms with Crippen LogP contribution in [-0.4, -0.2) is 27.2 Å². The minimum absolute atomic E-state index is 0.0376. The number of ether oxygens (including phenoxy) is 1. The molecule has 0 fully saturated rings. The van der Waals surface area contributed by atoms with Gasteiger partial charge in [-0.2, -0.15) is 0 Å². The zero-order chi connectivity index (χ0) is 24.5. The van der Waals surface area contributed by atoms with Gasteiger partial charge in [0.1, 0.15) is 0 Å². The standard InChI is InChI=1S/C28H22N2O5/c1-2-35-27-22(19-12-14-20(15-13-19)30(33)34)16-23(28(31)32)25-21-10-6-7-11-24(21)29(26(25)27)17-18-8-4-3-5-9-18/h3-16H,2,17H2,1H3,(H,31,32). The number of hydrogen-bond acceptors (Lipinski definition) is 4. The summed E-state index contributed by atoms with van der Waals surface area (Å²) in [4.78, 5) is 23.2. The van der Waals surface area contributed by atoms with Crippen LogP contribution >= 0.6 is 0 Å². The average Bonchev–Trinajstić information content (AvgIpc) is 3.19. The number of fused-ring (bicyclic) bond motifs is 3. The van der Waals surface area contributed by atoms with E-state index >= 15 is 0 Å². The lowest BCUT2D eigenvalue weighted by Gasteiger charge is -2.17. The molecule has 0 spiro atoms. The number of rotatable bonds is 7. The van der Waals surface area contributed by atoms with Crippen molar-refractivity contribution in [1.82, 2.24) is 4.57 Å². The summed E-state index contributed by atoms with van der Waals surface area (Å²) in [6, 6.07) is 25.4. The van der Waals surface area contributed by atoms with Crippen molar-refractivity contribution in [1.29, 1.82) is 0 Å². The molecule has 0 aliphatic carbocycles. The van der Waals surface area contributed by atoms with Crippen molar-refractivity contribution in [3.63, 3.8) is 0 Å². The molecule has 0 radical (unpaired) electrons. The first-order valence-corrected chi connectivity index (χ1v) is 11.2. The predicted molar refractivity (Wildman–Crippen MR) is 135 cm³/mol. The third kappa shape index (κ3) is 3.87. The Bertz CT molecular complexity index is 1570. The van der Waals surface area contributed by atoms with Crippen LogP contribution in [0.25, 0.3) is 32.9 Å². The lowest BCUT2D eigenvalue weighted by atomic mass is 9.97. The van der Waals surface area contributed by atoms with E-state index in [1.807, 2.05) is 61.5 Å². The lowest BCUT2D eigenvalue weighted by Crippen LogP contribution is -2.05. The van der Waals surface area contributed by atoms with Gasteiger partial charge in [-0.1, -0.05) is 48.5 Å². The van der Waals surface area contributed by atoms with E-state index in [1.165, 1.54) is 12.1 Å². The van der Waals surface area contributed by atoms with Gasteiger partial charge in [-0.3, -0.25) is 10.1 Å². The SMILES string of the molecule is CCOc1c(-c2ccc([N+](=O)[O-])cc2)cc(C(=O)O)c2c3ccccc3n(Cc3ccccc3)c12. The number of nitro benzene ring substituents is 1. The second-order valence-corrected chi connectivity index (χ2v) is 8.16. The molecule has 35 heavy (non-hydrogen) atoms. The van der Waals surface area contributed by atoms with Crippen molar-refractivity contribution < 1.29 is 19.6 Å². The fraction of sp³-hybridized carbons (Fsp3) is 0.107. The van der Waals surface area contributed by atoms with Crippen LogP contribution in [0.4, 0.5) is 5.69 Å². The summed E-state index contributed by atoms with van der Waals surface area (Å²) in [5.74, 6) is -0.502. The van der Waals surface area contributed by atoms with Crippen LogP contribution in [0.3, 0.4) is 0 Å². The molecular weight excluding hydrogens is 444 g/mol. The Morgan fingerprint density at radius 1 is 1.00 bits per heavy atom. The predicted octanol–water partition coefficient (Wildman–Crippen LogP) is 6.51. The second-order valence-electron chi connectivity index (χ2n) is 8.16. The van der Waals surface area contributed by atoms with E-state index in [0.717, 1.165) is 16.5 Å². The van der Waals surface area contributed by atoms with E-state index in [9.17, 15) is 20.0 Å². The maximum atomic E-state index is 12.5. The van der Waals surface area contributed by atoms with Gasteiger partial charge in [-0.25, -0.2) is 4.79 Å². The number of nitrogens with zero attached hydrogens (tertiary/aromatic N) is 2. The van der Waals surface area contributed by atoms with Gasteiger partial charge < -0.3 is 14.4 Å². The van der Waals surface area contributed by atoms with Gasteiger partial charge in [0.15, 0.2) is 5.75 Å². The minimum Gasteiger partial charge on any atom is -0.491 e. The van der Waals surface area contributed by atoms with E-state index in [-0.39, 0.29) is 11.3 Å². The third-order valence-electron chi connectivity index (χ3n) is 6.08. The number of nitro groups is 1. The molecule has 0 aliphatic rings. The fourth-order valence-corrected chi connectivity index (χ4v) is 4.59. The van der Waals surface area contributed by atoms with Gasteiger partial charge in [0.2, 0.25) is 0 Å². The number of aromatic carboxylic acids is 1. The Balaban J connectivity index is 1.89. The van der Waals surface area contributed by atoms with Crippen LogP contribution in [0.5, 0.6) is 5.75 Å². The highest BCUT2D eigenvalue weighted by molar-refractivity contribution is 6.20. The molecule has 174 valence electrons. The lowest BCUT2D eigenvalue weighted by molar-refractivity contribution is -0.384. The van der Waals surface area contributed by atoms with Crippen molar-refractivity contribution in [3.05, 3.63) is 106 Å². The molecule has 0 saturated heterocycles. The summed E-state index contributed by atoms with van der Waals surface area (Å²) in [6.07, 6.45) is 0. The van der Waals surface area contributed by atoms with Crippen LogP contribution in [-0.2, 0) is 6.54 Å². The van der Waals surface area contributed by atoms with Crippen molar-refractivity contribution >= 4 is 33.5 Å². The first kappa shape index (κ1) is 22.2. The molecule has 4 aromatic carbocycles. The average molecular weight is 466 g/mol.